The summed E-state index contributed by atoms with van der Waals surface area (Å²) in [5.41, 5.74) is 1.38. The summed E-state index contributed by atoms with van der Waals surface area (Å²) in [5, 5.41) is 0. The highest BCUT2D eigenvalue weighted by Crippen LogP contribution is 2.15. The van der Waals surface area contributed by atoms with Crippen LogP contribution < -0.4 is 4.74 Å². The minimum absolute atomic E-state index is 0.108. The van der Waals surface area contributed by atoms with E-state index in [0.29, 0.717) is 32.8 Å². The normalized spacial score (nSPS) is 11.0. The molecule has 0 saturated heterocycles. The number of hydrogen-bond donors (Lipinski definition) is 0. The van der Waals surface area contributed by atoms with Gasteiger partial charge in [-0.3, -0.25) is 4.79 Å². The molecule has 0 spiro atoms. The van der Waals surface area contributed by atoms with Crippen LogP contribution in [0.5, 0.6) is 5.75 Å². The van der Waals surface area contributed by atoms with Crippen LogP contribution in [-0.4, -0.2) is 32.4 Å². The van der Waals surface area contributed by atoms with Gasteiger partial charge in [0, 0.05) is 6.42 Å². The third-order valence-corrected chi connectivity index (χ3v) is 6.21. The number of ether oxygens (including phenoxy) is 3. The number of benzene rings is 1. The molecule has 0 heterocycles. The first kappa shape index (κ1) is 30.5. The first-order chi connectivity index (χ1) is 16.8. The number of carbonyl (C=O) groups excluding carboxylic acids is 1. The van der Waals surface area contributed by atoms with Crippen molar-refractivity contribution in [3.05, 3.63) is 29.8 Å². The molecule has 0 aliphatic carbocycles. The molecule has 0 N–H and O–H groups in total. The largest absolute Gasteiger partial charge is 0.491 e. The summed E-state index contributed by atoms with van der Waals surface area (Å²) in [6.45, 7) is 6.25. The fraction of sp³-hybridized carbons (Fsp3) is 0.767. The highest BCUT2D eigenvalue weighted by molar-refractivity contribution is 5.69. The number of esters is 1. The number of rotatable bonds is 24. The van der Waals surface area contributed by atoms with Crippen LogP contribution in [0.2, 0.25) is 0 Å². The topological polar surface area (TPSA) is 44.8 Å². The second-order valence-electron chi connectivity index (χ2n) is 9.42. The van der Waals surface area contributed by atoms with Crippen molar-refractivity contribution in [1.82, 2.24) is 0 Å². The quantitative estimate of drug-likeness (QED) is 0.111. The second-order valence-corrected chi connectivity index (χ2v) is 9.42. The van der Waals surface area contributed by atoms with Gasteiger partial charge in [0.2, 0.25) is 0 Å². The predicted octanol–water partition coefficient (Wildman–Crippen LogP) is 8.45. The summed E-state index contributed by atoms with van der Waals surface area (Å²) in [4.78, 5) is 11.8. The monoisotopic (exact) mass is 476 g/mol. The van der Waals surface area contributed by atoms with Crippen molar-refractivity contribution in [2.45, 2.75) is 123 Å². The Balaban J connectivity index is 1.89. The maximum Gasteiger partial charge on any atom is 0.305 e. The molecule has 0 aromatic heterocycles. The van der Waals surface area contributed by atoms with Gasteiger partial charge in [0.05, 0.1) is 13.2 Å². The van der Waals surface area contributed by atoms with Gasteiger partial charge < -0.3 is 14.2 Å². The zero-order chi connectivity index (χ0) is 24.5. The van der Waals surface area contributed by atoms with Crippen LogP contribution >= 0.6 is 0 Å². The molecular formula is C30H52O4. The Morgan fingerprint density at radius 1 is 0.618 bits per heavy atom. The molecule has 0 radical (unpaired) electrons. The van der Waals surface area contributed by atoms with E-state index in [2.05, 4.69) is 26.0 Å². The van der Waals surface area contributed by atoms with Gasteiger partial charge in [0.1, 0.15) is 19.0 Å². The first-order valence-electron chi connectivity index (χ1n) is 14.2. The first-order valence-corrected chi connectivity index (χ1v) is 14.2. The van der Waals surface area contributed by atoms with Gasteiger partial charge in [-0.2, -0.15) is 0 Å². The van der Waals surface area contributed by atoms with Crippen LogP contribution in [0.1, 0.15) is 122 Å². The van der Waals surface area contributed by atoms with Gasteiger partial charge in [0.15, 0.2) is 0 Å². The Bertz CT molecular complexity index is 570. The van der Waals surface area contributed by atoms with Crippen molar-refractivity contribution >= 4 is 5.97 Å². The molecule has 0 unspecified atom stereocenters. The van der Waals surface area contributed by atoms with Gasteiger partial charge in [-0.25, -0.2) is 0 Å². The van der Waals surface area contributed by atoms with Crippen LogP contribution in [0.3, 0.4) is 0 Å². The smallest absolute Gasteiger partial charge is 0.305 e. The maximum absolute atomic E-state index is 11.8. The maximum atomic E-state index is 11.8. The van der Waals surface area contributed by atoms with Crippen molar-refractivity contribution in [2.24, 2.45) is 0 Å². The predicted molar refractivity (Wildman–Crippen MR) is 143 cm³/mol. The molecule has 1 aromatic carbocycles. The number of aryl methyl sites for hydroxylation is 1. The van der Waals surface area contributed by atoms with Gasteiger partial charge in [-0.15, -0.1) is 0 Å². The zero-order valence-corrected chi connectivity index (χ0v) is 22.3. The lowest BCUT2D eigenvalue weighted by molar-refractivity contribution is -0.145. The number of hydrogen-bond acceptors (Lipinski definition) is 4. The van der Waals surface area contributed by atoms with Gasteiger partial charge >= 0.3 is 5.97 Å². The Kier molecular flexibility index (Phi) is 20.8. The summed E-state index contributed by atoms with van der Waals surface area (Å²) in [7, 11) is 0. The van der Waals surface area contributed by atoms with Crippen LogP contribution in [-0.2, 0) is 20.7 Å². The molecule has 0 aliphatic heterocycles. The Morgan fingerprint density at radius 3 is 1.76 bits per heavy atom. The second kappa shape index (κ2) is 23.2. The lowest BCUT2D eigenvalue weighted by atomic mass is 10.0. The van der Waals surface area contributed by atoms with E-state index in [0.717, 1.165) is 25.0 Å². The van der Waals surface area contributed by atoms with E-state index in [9.17, 15) is 4.79 Å². The van der Waals surface area contributed by atoms with Gasteiger partial charge in [-0.1, -0.05) is 109 Å². The van der Waals surface area contributed by atoms with Crippen molar-refractivity contribution in [3.63, 3.8) is 0 Å². The van der Waals surface area contributed by atoms with Crippen LogP contribution in [0, 0.1) is 0 Å². The van der Waals surface area contributed by atoms with Crippen molar-refractivity contribution in [3.8, 4) is 5.75 Å². The molecule has 0 fully saturated rings. The van der Waals surface area contributed by atoms with Crippen molar-refractivity contribution < 1.29 is 19.0 Å². The molecule has 1 rings (SSSR count). The minimum Gasteiger partial charge on any atom is -0.491 e. The van der Waals surface area contributed by atoms with Crippen molar-refractivity contribution in [2.75, 3.05) is 26.4 Å². The molecule has 0 aliphatic rings. The minimum atomic E-state index is -0.108. The summed E-state index contributed by atoms with van der Waals surface area (Å²) >= 11 is 0. The zero-order valence-electron chi connectivity index (χ0n) is 22.3. The summed E-state index contributed by atoms with van der Waals surface area (Å²) in [5.74, 6) is 0.770. The molecule has 0 saturated carbocycles. The van der Waals surface area contributed by atoms with E-state index >= 15 is 0 Å². The van der Waals surface area contributed by atoms with E-state index in [4.69, 9.17) is 14.2 Å². The van der Waals surface area contributed by atoms with E-state index in [1.165, 1.54) is 89.0 Å². The Morgan fingerprint density at radius 2 is 1.15 bits per heavy atom. The molecular weight excluding hydrogens is 424 g/mol. The number of unbranched alkanes of at least 4 members (excludes halogenated alkanes) is 13. The highest BCUT2D eigenvalue weighted by Gasteiger charge is 2.03. The molecule has 4 heteroatoms. The molecule has 0 bridgehead atoms. The average molecular weight is 477 g/mol. The van der Waals surface area contributed by atoms with E-state index in [1.54, 1.807) is 0 Å². The molecule has 196 valence electrons. The van der Waals surface area contributed by atoms with E-state index in [-0.39, 0.29) is 5.97 Å². The highest BCUT2D eigenvalue weighted by atomic mass is 16.6. The van der Waals surface area contributed by atoms with Gasteiger partial charge in [-0.05, 0) is 37.0 Å². The van der Waals surface area contributed by atoms with Crippen LogP contribution in [0.15, 0.2) is 24.3 Å². The average Bonchev–Trinajstić information content (AvgIpc) is 2.85. The molecule has 34 heavy (non-hydrogen) atoms. The molecule has 0 amide bonds. The third-order valence-electron chi connectivity index (χ3n) is 6.21. The summed E-state index contributed by atoms with van der Waals surface area (Å²) in [6.07, 6.45) is 20.9. The number of carbonyl (C=O) groups is 1. The fourth-order valence-electron chi connectivity index (χ4n) is 4.05. The SMILES string of the molecule is CCCCCCCCCCCC(=O)OCCOCCOc1ccc(CCCCCCCC)cc1. The van der Waals surface area contributed by atoms with Crippen LogP contribution in [0.4, 0.5) is 0 Å². The Labute approximate surface area is 210 Å². The lowest BCUT2D eigenvalue weighted by Crippen LogP contribution is -2.13. The molecule has 0 atom stereocenters. The third kappa shape index (κ3) is 18.8. The molecule has 4 nitrogen and oxygen atoms in total. The van der Waals surface area contributed by atoms with E-state index < -0.39 is 0 Å². The lowest BCUT2D eigenvalue weighted by Gasteiger charge is -2.09. The van der Waals surface area contributed by atoms with E-state index in [1.807, 2.05) is 12.1 Å². The summed E-state index contributed by atoms with van der Waals surface area (Å²) in [6, 6.07) is 8.41. The summed E-state index contributed by atoms with van der Waals surface area (Å²) < 4.78 is 16.5. The van der Waals surface area contributed by atoms with Crippen LogP contribution in [0.25, 0.3) is 0 Å². The standard InChI is InChI=1S/C30H52O4/c1-3-5-7-9-11-12-13-15-17-19-30(31)34-27-25-32-24-26-33-29-22-20-28(21-23-29)18-16-14-10-8-6-4-2/h20-23H,3-19,24-27H2,1-2H3. The van der Waals surface area contributed by atoms with Gasteiger partial charge in [0.25, 0.3) is 0 Å². The Hall–Kier alpha value is -1.55. The molecule has 1 aromatic rings. The fourth-order valence-corrected chi connectivity index (χ4v) is 4.05. The van der Waals surface area contributed by atoms with Crippen molar-refractivity contribution in [1.29, 1.82) is 0 Å².